The standard InChI is InChI=1S/C25H36O4/c1-23-10-8-19(26)14-18(23)5-6-21-20(23)9-11-24(2)17(7-12-25(21,24)28)4-3-16-13-22(27)29-15-16/h3-4,13,17-21,26,28H,5-12,14-15H2,1-2H3/b4-3+/t17-,18+,19-,20-,21+,23-,24+,25-/m0/s1. The van der Waals surface area contributed by atoms with Gasteiger partial charge in [0.25, 0.3) is 0 Å². The van der Waals surface area contributed by atoms with Gasteiger partial charge in [-0.25, -0.2) is 4.79 Å². The van der Waals surface area contributed by atoms with Crippen molar-refractivity contribution in [2.45, 2.75) is 83.3 Å². The van der Waals surface area contributed by atoms with Crippen molar-refractivity contribution in [3.8, 4) is 0 Å². The molecular formula is C25H36O4. The third-order valence-corrected chi connectivity index (χ3v) is 10.1. The van der Waals surface area contributed by atoms with E-state index < -0.39 is 5.60 Å². The van der Waals surface area contributed by atoms with Gasteiger partial charge >= 0.3 is 5.97 Å². The third kappa shape index (κ3) is 2.81. The maximum Gasteiger partial charge on any atom is 0.331 e. The average Bonchev–Trinajstić information content (AvgIpc) is 3.21. The van der Waals surface area contributed by atoms with E-state index in [1.165, 1.54) is 6.42 Å². The number of allylic oxidation sites excluding steroid dienone is 1. The van der Waals surface area contributed by atoms with Gasteiger partial charge in [0.15, 0.2) is 0 Å². The van der Waals surface area contributed by atoms with Crippen LogP contribution in [0.4, 0.5) is 0 Å². The van der Waals surface area contributed by atoms with E-state index in [4.69, 9.17) is 4.74 Å². The molecule has 29 heavy (non-hydrogen) atoms. The van der Waals surface area contributed by atoms with Crippen LogP contribution < -0.4 is 0 Å². The van der Waals surface area contributed by atoms with E-state index in [1.807, 2.05) is 0 Å². The molecule has 1 aliphatic heterocycles. The molecule has 4 fully saturated rings. The lowest BCUT2D eigenvalue weighted by Crippen LogP contribution is -2.62. The zero-order valence-electron chi connectivity index (χ0n) is 17.9. The van der Waals surface area contributed by atoms with Gasteiger partial charge in [0, 0.05) is 11.5 Å². The zero-order valence-corrected chi connectivity index (χ0v) is 17.9. The van der Waals surface area contributed by atoms with Gasteiger partial charge < -0.3 is 14.9 Å². The van der Waals surface area contributed by atoms with Gasteiger partial charge in [-0.2, -0.15) is 0 Å². The number of fused-ring (bicyclic) bond motifs is 5. The van der Waals surface area contributed by atoms with E-state index in [1.54, 1.807) is 6.08 Å². The number of rotatable bonds is 2. The molecule has 5 aliphatic rings. The Kier molecular flexibility index (Phi) is 4.57. The summed E-state index contributed by atoms with van der Waals surface area (Å²) in [4.78, 5) is 11.3. The lowest BCUT2D eigenvalue weighted by Gasteiger charge is -2.63. The van der Waals surface area contributed by atoms with Crippen LogP contribution in [0.5, 0.6) is 0 Å². The first-order chi connectivity index (χ1) is 13.8. The second kappa shape index (κ2) is 6.68. The number of aliphatic hydroxyl groups excluding tert-OH is 1. The molecule has 4 aliphatic carbocycles. The first-order valence-corrected chi connectivity index (χ1v) is 11.7. The predicted molar refractivity (Wildman–Crippen MR) is 111 cm³/mol. The quantitative estimate of drug-likeness (QED) is 0.683. The highest BCUT2D eigenvalue weighted by Gasteiger charge is 2.66. The van der Waals surface area contributed by atoms with Crippen molar-refractivity contribution in [2.24, 2.45) is 34.5 Å². The molecule has 4 saturated carbocycles. The number of carbonyl (C=O) groups excluding carboxylic acids is 1. The molecule has 8 atom stereocenters. The highest BCUT2D eigenvalue weighted by atomic mass is 16.5. The third-order valence-electron chi connectivity index (χ3n) is 10.1. The van der Waals surface area contributed by atoms with Crippen molar-refractivity contribution >= 4 is 5.97 Å². The minimum absolute atomic E-state index is 0.0912. The Labute approximate surface area is 174 Å². The molecular weight excluding hydrogens is 364 g/mol. The molecule has 0 spiro atoms. The number of hydrogen-bond donors (Lipinski definition) is 2. The lowest BCUT2D eigenvalue weighted by atomic mass is 9.43. The van der Waals surface area contributed by atoms with Gasteiger partial charge in [0.05, 0.1) is 11.7 Å². The van der Waals surface area contributed by atoms with Gasteiger partial charge in [-0.05, 0) is 92.4 Å². The number of hydrogen-bond acceptors (Lipinski definition) is 4. The lowest BCUT2D eigenvalue weighted by molar-refractivity contribution is -0.207. The van der Waals surface area contributed by atoms with Crippen molar-refractivity contribution in [3.63, 3.8) is 0 Å². The summed E-state index contributed by atoms with van der Waals surface area (Å²) >= 11 is 0. The Morgan fingerprint density at radius 1 is 1.07 bits per heavy atom. The van der Waals surface area contributed by atoms with Crippen LogP contribution in [0, 0.1) is 34.5 Å². The van der Waals surface area contributed by atoms with Crippen LogP contribution in [0.15, 0.2) is 23.8 Å². The summed E-state index contributed by atoms with van der Waals surface area (Å²) < 4.78 is 5.02. The number of carbonyl (C=O) groups is 1. The Bertz CT molecular complexity index is 756. The molecule has 4 nitrogen and oxygen atoms in total. The summed E-state index contributed by atoms with van der Waals surface area (Å²) in [6.45, 7) is 5.15. The molecule has 0 aromatic rings. The first-order valence-electron chi connectivity index (χ1n) is 11.7. The highest BCUT2D eigenvalue weighted by molar-refractivity contribution is 5.85. The molecule has 0 radical (unpaired) electrons. The van der Waals surface area contributed by atoms with Gasteiger partial charge in [0.2, 0.25) is 0 Å². The molecule has 0 aromatic heterocycles. The van der Waals surface area contributed by atoms with Crippen molar-refractivity contribution < 1.29 is 19.7 Å². The van der Waals surface area contributed by atoms with Gasteiger partial charge in [-0.3, -0.25) is 0 Å². The minimum atomic E-state index is -0.592. The molecule has 5 rings (SSSR count). The van der Waals surface area contributed by atoms with E-state index in [-0.39, 0.29) is 22.9 Å². The maximum atomic E-state index is 12.1. The Balaban J connectivity index is 1.40. The fourth-order valence-electron chi connectivity index (χ4n) is 8.28. The molecule has 0 saturated heterocycles. The Hall–Kier alpha value is -1.13. The van der Waals surface area contributed by atoms with Crippen molar-refractivity contribution in [1.29, 1.82) is 0 Å². The highest BCUT2D eigenvalue weighted by Crippen LogP contribution is 2.69. The van der Waals surface area contributed by atoms with Crippen LogP contribution in [-0.4, -0.2) is 34.5 Å². The summed E-state index contributed by atoms with van der Waals surface area (Å²) in [6, 6.07) is 0. The molecule has 2 N–H and O–H groups in total. The molecule has 0 amide bonds. The van der Waals surface area contributed by atoms with Crippen LogP contribution in [0.2, 0.25) is 0 Å². The van der Waals surface area contributed by atoms with Crippen molar-refractivity contribution in [1.82, 2.24) is 0 Å². The number of esters is 1. The molecule has 0 aromatic carbocycles. The van der Waals surface area contributed by atoms with Crippen LogP contribution >= 0.6 is 0 Å². The normalized spacial score (nSPS) is 51.9. The fourth-order valence-corrected chi connectivity index (χ4v) is 8.28. The second-order valence-electron chi connectivity index (χ2n) is 11.1. The van der Waals surface area contributed by atoms with Crippen molar-refractivity contribution in [2.75, 3.05) is 6.61 Å². The van der Waals surface area contributed by atoms with Gasteiger partial charge in [0.1, 0.15) is 6.61 Å². The largest absolute Gasteiger partial charge is 0.458 e. The van der Waals surface area contributed by atoms with Crippen LogP contribution in [0.1, 0.15) is 71.6 Å². The number of cyclic esters (lactones) is 1. The van der Waals surface area contributed by atoms with E-state index in [0.717, 1.165) is 56.9 Å². The fraction of sp³-hybridized carbons (Fsp3) is 0.800. The van der Waals surface area contributed by atoms with Gasteiger partial charge in [-0.1, -0.05) is 26.0 Å². The summed E-state index contributed by atoms with van der Waals surface area (Å²) in [5, 5.41) is 22.4. The monoisotopic (exact) mass is 400 g/mol. The van der Waals surface area contributed by atoms with Crippen LogP contribution in [0.3, 0.4) is 0 Å². The molecule has 160 valence electrons. The summed E-state index contributed by atoms with van der Waals surface area (Å²) in [6.07, 6.45) is 15.2. The van der Waals surface area contributed by atoms with Gasteiger partial charge in [-0.15, -0.1) is 0 Å². The number of ether oxygens (including phenoxy) is 1. The zero-order chi connectivity index (χ0) is 20.4. The molecule has 4 heteroatoms. The minimum Gasteiger partial charge on any atom is -0.458 e. The Morgan fingerprint density at radius 3 is 2.66 bits per heavy atom. The van der Waals surface area contributed by atoms with E-state index in [2.05, 4.69) is 26.0 Å². The van der Waals surface area contributed by atoms with E-state index in [0.29, 0.717) is 30.3 Å². The average molecular weight is 401 g/mol. The second-order valence-corrected chi connectivity index (χ2v) is 11.1. The Morgan fingerprint density at radius 2 is 1.90 bits per heavy atom. The summed E-state index contributed by atoms with van der Waals surface area (Å²) in [5.41, 5.74) is 0.535. The van der Waals surface area contributed by atoms with Crippen LogP contribution in [0.25, 0.3) is 0 Å². The summed E-state index contributed by atoms with van der Waals surface area (Å²) in [7, 11) is 0. The van der Waals surface area contributed by atoms with E-state index in [9.17, 15) is 15.0 Å². The molecule has 1 heterocycles. The SMILES string of the molecule is C[C@]12CC[C@H](O)C[C@H]1CC[C@@H]1[C@@H]2CC[C@]2(C)[C@@H](/C=C/C3=CC(=O)OC3)CC[C@]12O. The maximum absolute atomic E-state index is 12.1. The van der Waals surface area contributed by atoms with Crippen LogP contribution in [-0.2, 0) is 9.53 Å². The number of aliphatic hydroxyl groups is 2. The van der Waals surface area contributed by atoms with E-state index >= 15 is 0 Å². The summed E-state index contributed by atoms with van der Waals surface area (Å²) in [5.74, 6) is 1.68. The topological polar surface area (TPSA) is 66.8 Å². The molecule has 0 bridgehead atoms. The smallest absolute Gasteiger partial charge is 0.331 e. The molecule has 0 unspecified atom stereocenters. The first kappa shape index (κ1) is 19.8. The predicted octanol–water partition coefficient (Wildman–Crippen LogP) is 4.16. The van der Waals surface area contributed by atoms with Crippen molar-refractivity contribution in [3.05, 3.63) is 23.8 Å².